The molecule has 1 aliphatic heterocycles. The molecule has 1 aliphatic rings. The molecule has 0 radical (unpaired) electrons. The van der Waals surface area contributed by atoms with Crippen LogP contribution >= 0.6 is 0 Å². The van der Waals surface area contributed by atoms with E-state index in [0.717, 1.165) is 11.3 Å². The molecule has 0 aromatic carbocycles. The summed E-state index contributed by atoms with van der Waals surface area (Å²) in [6, 6.07) is -0.310. The first-order valence-corrected chi connectivity index (χ1v) is 7.33. The fraction of sp³-hybridized carbons (Fsp3) is 0.733. The van der Waals surface area contributed by atoms with Crippen molar-refractivity contribution >= 4 is 5.91 Å². The van der Waals surface area contributed by atoms with Crippen molar-refractivity contribution in [1.29, 1.82) is 0 Å². The SMILES string of the molecule is COCCN1C(=O)CC(N)C1c1cn(C)nc1C(C)(C)C. The molecule has 6 nitrogen and oxygen atoms in total. The van der Waals surface area contributed by atoms with Gasteiger partial charge >= 0.3 is 0 Å². The molecule has 1 saturated heterocycles. The normalized spacial score (nSPS) is 23.1. The van der Waals surface area contributed by atoms with Crippen molar-refractivity contribution in [2.45, 2.75) is 44.7 Å². The molecule has 1 fully saturated rings. The van der Waals surface area contributed by atoms with E-state index in [4.69, 9.17) is 10.5 Å². The molecule has 2 rings (SSSR count). The Kier molecular flexibility index (Phi) is 4.39. The Morgan fingerprint density at radius 1 is 1.48 bits per heavy atom. The summed E-state index contributed by atoms with van der Waals surface area (Å²) in [7, 11) is 3.54. The van der Waals surface area contributed by atoms with E-state index in [-0.39, 0.29) is 23.4 Å². The van der Waals surface area contributed by atoms with Crippen molar-refractivity contribution in [3.63, 3.8) is 0 Å². The first-order valence-electron chi connectivity index (χ1n) is 7.33. The second-order valence-corrected chi connectivity index (χ2v) is 6.75. The van der Waals surface area contributed by atoms with Crippen LogP contribution in [-0.4, -0.2) is 46.9 Å². The third-order valence-electron chi connectivity index (χ3n) is 3.89. The van der Waals surface area contributed by atoms with E-state index in [2.05, 4.69) is 25.9 Å². The van der Waals surface area contributed by atoms with Gasteiger partial charge in [0.05, 0.1) is 18.3 Å². The number of hydrogen-bond acceptors (Lipinski definition) is 4. The van der Waals surface area contributed by atoms with E-state index in [1.807, 2.05) is 18.1 Å². The highest BCUT2D eigenvalue weighted by Crippen LogP contribution is 2.37. The Hall–Kier alpha value is -1.40. The second-order valence-electron chi connectivity index (χ2n) is 6.75. The van der Waals surface area contributed by atoms with Crippen molar-refractivity contribution < 1.29 is 9.53 Å². The number of likely N-dealkylation sites (tertiary alicyclic amines) is 1. The van der Waals surface area contributed by atoms with Gasteiger partial charge in [-0.3, -0.25) is 9.48 Å². The lowest BCUT2D eigenvalue weighted by Gasteiger charge is -2.29. The summed E-state index contributed by atoms with van der Waals surface area (Å²) in [5.74, 6) is 0.0910. The van der Waals surface area contributed by atoms with Crippen LogP contribution in [0.5, 0.6) is 0 Å². The number of nitrogens with zero attached hydrogens (tertiary/aromatic N) is 3. The highest BCUT2D eigenvalue weighted by molar-refractivity contribution is 5.80. The monoisotopic (exact) mass is 294 g/mol. The molecule has 2 atom stereocenters. The van der Waals surface area contributed by atoms with E-state index >= 15 is 0 Å². The van der Waals surface area contributed by atoms with Crippen molar-refractivity contribution in [1.82, 2.24) is 14.7 Å². The van der Waals surface area contributed by atoms with Crippen LogP contribution in [0, 0.1) is 0 Å². The van der Waals surface area contributed by atoms with Crippen molar-refractivity contribution in [2.24, 2.45) is 12.8 Å². The molecule has 6 heteroatoms. The number of amides is 1. The van der Waals surface area contributed by atoms with Gasteiger partial charge in [0.2, 0.25) is 5.91 Å². The maximum absolute atomic E-state index is 12.2. The van der Waals surface area contributed by atoms with Gasteiger partial charge < -0.3 is 15.4 Å². The molecule has 2 unspecified atom stereocenters. The van der Waals surface area contributed by atoms with E-state index in [0.29, 0.717) is 19.6 Å². The Morgan fingerprint density at radius 2 is 2.14 bits per heavy atom. The number of aryl methyl sites for hydroxylation is 1. The van der Waals surface area contributed by atoms with Crippen LogP contribution in [0.25, 0.3) is 0 Å². The average molecular weight is 294 g/mol. The van der Waals surface area contributed by atoms with Crippen LogP contribution < -0.4 is 5.73 Å². The molecule has 0 aliphatic carbocycles. The molecule has 1 aromatic heterocycles. The summed E-state index contributed by atoms with van der Waals surface area (Å²) >= 11 is 0. The van der Waals surface area contributed by atoms with Crippen LogP contribution in [0.2, 0.25) is 0 Å². The third kappa shape index (κ3) is 3.11. The quantitative estimate of drug-likeness (QED) is 0.898. The molecule has 118 valence electrons. The first kappa shape index (κ1) is 16.0. The summed E-state index contributed by atoms with van der Waals surface area (Å²) in [4.78, 5) is 14.0. The fourth-order valence-corrected chi connectivity index (χ4v) is 2.97. The number of aromatic nitrogens is 2. The topological polar surface area (TPSA) is 73.4 Å². The molecule has 0 saturated carbocycles. The first-order chi connectivity index (χ1) is 9.75. The number of nitrogens with two attached hydrogens (primary N) is 1. The van der Waals surface area contributed by atoms with Gasteiger partial charge in [-0.1, -0.05) is 20.8 Å². The van der Waals surface area contributed by atoms with Crippen molar-refractivity contribution in [3.8, 4) is 0 Å². The zero-order valence-electron chi connectivity index (χ0n) is 13.6. The predicted molar refractivity (Wildman–Crippen MR) is 80.8 cm³/mol. The predicted octanol–water partition coefficient (Wildman–Crippen LogP) is 0.965. The Bertz CT molecular complexity index is 518. The highest BCUT2D eigenvalue weighted by Gasteiger charge is 2.41. The van der Waals surface area contributed by atoms with E-state index < -0.39 is 0 Å². The number of ether oxygens (including phenoxy) is 1. The maximum Gasteiger partial charge on any atom is 0.224 e. The third-order valence-corrected chi connectivity index (χ3v) is 3.89. The Labute approximate surface area is 126 Å². The van der Waals surface area contributed by atoms with Crippen LogP contribution in [0.15, 0.2) is 6.20 Å². The second kappa shape index (κ2) is 5.77. The number of methoxy groups -OCH3 is 1. The van der Waals surface area contributed by atoms with Crippen LogP contribution in [-0.2, 0) is 22.0 Å². The summed E-state index contributed by atoms with van der Waals surface area (Å²) in [5.41, 5.74) is 8.21. The number of carbonyl (C=O) groups is 1. The lowest BCUT2D eigenvalue weighted by Crippen LogP contribution is -2.36. The van der Waals surface area contributed by atoms with E-state index in [9.17, 15) is 4.79 Å². The average Bonchev–Trinajstić information content (AvgIpc) is 2.86. The van der Waals surface area contributed by atoms with E-state index in [1.165, 1.54) is 0 Å². The summed E-state index contributed by atoms with van der Waals surface area (Å²) in [6.45, 7) is 7.45. The van der Waals surface area contributed by atoms with Crippen molar-refractivity contribution in [2.75, 3.05) is 20.3 Å². The largest absolute Gasteiger partial charge is 0.383 e. The zero-order chi connectivity index (χ0) is 15.8. The zero-order valence-corrected chi connectivity index (χ0v) is 13.6. The van der Waals surface area contributed by atoms with Gasteiger partial charge in [-0.2, -0.15) is 5.10 Å². The van der Waals surface area contributed by atoms with Crippen LogP contribution in [0.4, 0.5) is 0 Å². The lowest BCUT2D eigenvalue weighted by molar-refractivity contribution is -0.129. The van der Waals surface area contributed by atoms with Crippen molar-refractivity contribution in [3.05, 3.63) is 17.5 Å². The van der Waals surface area contributed by atoms with Gasteiger partial charge in [0.1, 0.15) is 0 Å². The molecular weight excluding hydrogens is 268 g/mol. The molecule has 0 bridgehead atoms. The maximum atomic E-state index is 12.2. The summed E-state index contributed by atoms with van der Waals surface area (Å²) in [5, 5.41) is 4.59. The van der Waals surface area contributed by atoms with Gasteiger partial charge in [-0.25, -0.2) is 0 Å². The lowest BCUT2D eigenvalue weighted by atomic mass is 9.86. The molecular formula is C15H26N4O2. The minimum atomic E-state index is -0.195. The Morgan fingerprint density at radius 3 is 2.71 bits per heavy atom. The molecule has 21 heavy (non-hydrogen) atoms. The molecule has 0 spiro atoms. The van der Waals surface area contributed by atoms with Crippen LogP contribution in [0.1, 0.15) is 44.5 Å². The molecule has 1 amide bonds. The highest BCUT2D eigenvalue weighted by atomic mass is 16.5. The molecule has 2 heterocycles. The summed E-state index contributed by atoms with van der Waals surface area (Å²) in [6.07, 6.45) is 2.37. The van der Waals surface area contributed by atoms with E-state index in [1.54, 1.807) is 11.8 Å². The number of hydrogen-bond donors (Lipinski definition) is 1. The standard InChI is InChI=1S/C15H26N4O2/c1-15(2,3)14-10(9-18(4)17-14)13-11(16)8-12(20)19(13)6-7-21-5/h9,11,13H,6-8,16H2,1-5H3. The Balaban J connectivity index is 2.40. The minimum Gasteiger partial charge on any atom is -0.383 e. The van der Waals surface area contributed by atoms with Gasteiger partial charge in [-0.05, 0) is 0 Å². The number of rotatable bonds is 4. The van der Waals surface area contributed by atoms with Gasteiger partial charge in [0.15, 0.2) is 0 Å². The van der Waals surface area contributed by atoms with Crippen LogP contribution in [0.3, 0.4) is 0 Å². The number of carbonyl (C=O) groups excluding carboxylic acids is 1. The molecule has 2 N–H and O–H groups in total. The minimum absolute atomic E-state index is 0.0884. The van der Waals surface area contributed by atoms with Gasteiger partial charge in [0, 0.05) is 50.3 Å². The smallest absolute Gasteiger partial charge is 0.224 e. The fourth-order valence-electron chi connectivity index (χ4n) is 2.97. The van der Waals surface area contributed by atoms with Gasteiger partial charge in [-0.15, -0.1) is 0 Å². The van der Waals surface area contributed by atoms with Gasteiger partial charge in [0.25, 0.3) is 0 Å². The summed E-state index contributed by atoms with van der Waals surface area (Å²) < 4.78 is 6.92. The molecule has 1 aromatic rings.